The first kappa shape index (κ1) is 22.5. The summed E-state index contributed by atoms with van der Waals surface area (Å²) >= 11 is 0. The van der Waals surface area contributed by atoms with Crippen LogP contribution in [0.25, 0.3) is 11.1 Å². The van der Waals surface area contributed by atoms with E-state index in [4.69, 9.17) is 4.74 Å². The fourth-order valence-corrected chi connectivity index (χ4v) is 5.59. The number of aromatic nitrogens is 1. The highest BCUT2D eigenvalue weighted by molar-refractivity contribution is 5.96. The van der Waals surface area contributed by atoms with Gasteiger partial charge in [0.1, 0.15) is 5.69 Å². The number of pyridine rings is 1. The Morgan fingerprint density at radius 1 is 1.00 bits per heavy atom. The summed E-state index contributed by atoms with van der Waals surface area (Å²) in [6.07, 6.45) is 3.94. The van der Waals surface area contributed by atoms with Crippen molar-refractivity contribution in [2.24, 2.45) is 0 Å². The van der Waals surface area contributed by atoms with Gasteiger partial charge in [0.05, 0.1) is 17.5 Å². The predicted octanol–water partition coefficient (Wildman–Crippen LogP) is 3.83. The third-order valence-electron chi connectivity index (χ3n) is 7.71. The molecule has 2 aromatic carbocycles. The number of rotatable bonds is 5. The van der Waals surface area contributed by atoms with Gasteiger partial charge in [-0.3, -0.25) is 14.6 Å². The molecule has 36 heavy (non-hydrogen) atoms. The van der Waals surface area contributed by atoms with Gasteiger partial charge >= 0.3 is 5.97 Å². The van der Waals surface area contributed by atoms with Gasteiger partial charge in [-0.15, -0.1) is 0 Å². The number of carbonyl (C=O) groups is 3. The zero-order valence-corrected chi connectivity index (χ0v) is 20.1. The van der Waals surface area contributed by atoms with Gasteiger partial charge in [-0.2, -0.15) is 0 Å². The number of nitrogens with one attached hydrogen (secondary N) is 1. The van der Waals surface area contributed by atoms with Crippen LogP contribution in [0.2, 0.25) is 0 Å². The SMILES string of the molecule is CCNC(=O)c1ccc(-c2ccc(C3(C(=O)N4CCC5(C4)OC(=O)c4ccccc45)CC3)cc2)cn1. The van der Waals surface area contributed by atoms with E-state index in [0.717, 1.165) is 35.1 Å². The van der Waals surface area contributed by atoms with E-state index >= 15 is 0 Å². The van der Waals surface area contributed by atoms with Crippen LogP contribution in [0.1, 0.15) is 58.2 Å². The number of likely N-dealkylation sites (tertiary alicyclic amines) is 1. The number of esters is 1. The second-order valence-corrected chi connectivity index (χ2v) is 9.86. The topological polar surface area (TPSA) is 88.6 Å². The zero-order valence-electron chi connectivity index (χ0n) is 20.1. The molecule has 1 spiro atoms. The Morgan fingerprint density at radius 2 is 1.75 bits per heavy atom. The van der Waals surface area contributed by atoms with Crippen LogP contribution < -0.4 is 5.32 Å². The molecule has 2 amide bonds. The van der Waals surface area contributed by atoms with Crippen LogP contribution >= 0.6 is 0 Å². The van der Waals surface area contributed by atoms with Crippen molar-refractivity contribution in [1.82, 2.24) is 15.2 Å². The number of amides is 2. The van der Waals surface area contributed by atoms with Gasteiger partial charge in [-0.25, -0.2) is 4.79 Å². The summed E-state index contributed by atoms with van der Waals surface area (Å²) in [5, 5.41) is 2.75. The molecule has 2 fully saturated rings. The first-order valence-corrected chi connectivity index (χ1v) is 12.4. The van der Waals surface area contributed by atoms with Crippen LogP contribution in [-0.4, -0.2) is 47.3 Å². The van der Waals surface area contributed by atoms with Gasteiger partial charge in [0.15, 0.2) is 5.60 Å². The minimum Gasteiger partial charge on any atom is -0.449 e. The molecule has 1 N–H and O–H groups in total. The number of hydrogen-bond acceptors (Lipinski definition) is 5. The first-order chi connectivity index (χ1) is 17.5. The third kappa shape index (κ3) is 3.49. The normalized spacial score (nSPS) is 21.2. The van der Waals surface area contributed by atoms with Crippen molar-refractivity contribution in [2.75, 3.05) is 19.6 Å². The Morgan fingerprint density at radius 3 is 2.44 bits per heavy atom. The zero-order chi connectivity index (χ0) is 24.9. The highest BCUT2D eigenvalue weighted by atomic mass is 16.6. The van der Waals surface area contributed by atoms with E-state index in [-0.39, 0.29) is 17.8 Å². The average molecular weight is 482 g/mol. The van der Waals surface area contributed by atoms with E-state index in [0.29, 0.717) is 37.3 Å². The summed E-state index contributed by atoms with van der Waals surface area (Å²) in [7, 11) is 0. The molecule has 1 unspecified atom stereocenters. The predicted molar refractivity (Wildman–Crippen MR) is 133 cm³/mol. The molecule has 3 aliphatic rings. The maximum absolute atomic E-state index is 13.7. The van der Waals surface area contributed by atoms with Gasteiger partial charge in [0.25, 0.3) is 5.91 Å². The Labute approximate surface area is 209 Å². The van der Waals surface area contributed by atoms with E-state index in [2.05, 4.69) is 10.3 Å². The standard InChI is InChI=1S/C29H27N3O4/c1-2-30-25(33)24-12-9-20(17-31-24)19-7-10-21(11-8-19)28(13-14-28)27(35)32-16-15-29(18-32)23-6-4-3-5-22(23)26(34)36-29/h3-12,17H,2,13-16,18H2,1H3,(H,30,33). The molecule has 1 atom stereocenters. The lowest BCUT2D eigenvalue weighted by Gasteiger charge is -2.27. The second-order valence-electron chi connectivity index (χ2n) is 9.86. The van der Waals surface area contributed by atoms with Gasteiger partial charge in [-0.1, -0.05) is 48.5 Å². The van der Waals surface area contributed by atoms with Crippen LogP contribution in [-0.2, 0) is 20.5 Å². The maximum Gasteiger partial charge on any atom is 0.339 e. The van der Waals surface area contributed by atoms with Crippen LogP contribution in [0.15, 0.2) is 66.9 Å². The number of benzene rings is 2. The molecule has 1 aromatic heterocycles. The fraction of sp³-hybridized carbons (Fsp3) is 0.310. The molecule has 1 saturated heterocycles. The summed E-state index contributed by atoms with van der Waals surface area (Å²) < 4.78 is 5.84. The lowest BCUT2D eigenvalue weighted by atomic mass is 9.91. The average Bonchev–Trinajstić information content (AvgIpc) is 3.54. The first-order valence-electron chi connectivity index (χ1n) is 12.4. The summed E-state index contributed by atoms with van der Waals surface area (Å²) in [6.45, 7) is 3.40. The van der Waals surface area contributed by atoms with Crippen molar-refractivity contribution >= 4 is 17.8 Å². The minimum atomic E-state index is -0.726. The molecule has 0 radical (unpaired) electrons. The van der Waals surface area contributed by atoms with Gasteiger partial charge in [-0.05, 0) is 43.0 Å². The van der Waals surface area contributed by atoms with Crippen molar-refractivity contribution in [3.8, 4) is 11.1 Å². The number of carbonyl (C=O) groups excluding carboxylic acids is 3. The molecule has 182 valence electrons. The van der Waals surface area contributed by atoms with E-state index in [1.165, 1.54) is 0 Å². The number of ether oxygens (including phenoxy) is 1. The Bertz CT molecular complexity index is 1360. The highest BCUT2D eigenvalue weighted by Gasteiger charge is 2.57. The van der Waals surface area contributed by atoms with Crippen molar-refractivity contribution in [3.05, 3.63) is 89.2 Å². The monoisotopic (exact) mass is 481 g/mol. The van der Waals surface area contributed by atoms with Crippen molar-refractivity contribution in [1.29, 1.82) is 0 Å². The molecule has 3 heterocycles. The smallest absolute Gasteiger partial charge is 0.339 e. The molecule has 0 bridgehead atoms. The number of hydrogen-bond donors (Lipinski definition) is 1. The lowest BCUT2D eigenvalue weighted by molar-refractivity contribution is -0.134. The molecular formula is C29H27N3O4. The van der Waals surface area contributed by atoms with Crippen LogP contribution in [0.5, 0.6) is 0 Å². The fourth-order valence-electron chi connectivity index (χ4n) is 5.59. The Kier molecular flexibility index (Phi) is 5.18. The van der Waals surface area contributed by atoms with Crippen molar-refractivity contribution in [3.63, 3.8) is 0 Å². The molecule has 1 aliphatic carbocycles. The Hall–Kier alpha value is -4.00. The van der Waals surface area contributed by atoms with E-state index < -0.39 is 11.0 Å². The minimum absolute atomic E-state index is 0.112. The van der Waals surface area contributed by atoms with Crippen LogP contribution in [0.4, 0.5) is 0 Å². The number of nitrogens with zero attached hydrogens (tertiary/aromatic N) is 2. The quantitative estimate of drug-likeness (QED) is 0.560. The third-order valence-corrected chi connectivity index (χ3v) is 7.71. The van der Waals surface area contributed by atoms with E-state index in [1.807, 2.05) is 60.4 Å². The summed E-state index contributed by atoms with van der Waals surface area (Å²) in [5.41, 5.74) is 3.55. The van der Waals surface area contributed by atoms with Gasteiger partial charge < -0.3 is 15.0 Å². The lowest BCUT2D eigenvalue weighted by Crippen LogP contribution is -2.40. The summed E-state index contributed by atoms with van der Waals surface area (Å²) in [4.78, 5) is 44.2. The Balaban J connectivity index is 1.19. The van der Waals surface area contributed by atoms with Crippen LogP contribution in [0.3, 0.4) is 0 Å². The molecule has 1 saturated carbocycles. The summed E-state index contributed by atoms with van der Waals surface area (Å²) in [6, 6.07) is 19.2. The molecule has 3 aromatic rings. The molecular weight excluding hydrogens is 454 g/mol. The summed E-state index contributed by atoms with van der Waals surface area (Å²) in [5.74, 6) is -0.376. The number of fused-ring (bicyclic) bond motifs is 2. The largest absolute Gasteiger partial charge is 0.449 e. The van der Waals surface area contributed by atoms with Crippen molar-refractivity contribution < 1.29 is 19.1 Å². The maximum atomic E-state index is 13.7. The van der Waals surface area contributed by atoms with E-state index in [1.54, 1.807) is 18.3 Å². The molecule has 7 nitrogen and oxygen atoms in total. The van der Waals surface area contributed by atoms with Gasteiger partial charge in [0.2, 0.25) is 5.91 Å². The second kappa shape index (κ2) is 8.29. The van der Waals surface area contributed by atoms with Gasteiger partial charge in [0, 0.05) is 36.8 Å². The molecule has 7 heteroatoms. The van der Waals surface area contributed by atoms with E-state index in [9.17, 15) is 14.4 Å². The molecule has 6 rings (SSSR count). The highest BCUT2D eigenvalue weighted by Crippen LogP contribution is 2.52. The molecule has 2 aliphatic heterocycles. The van der Waals surface area contributed by atoms with Crippen LogP contribution in [0, 0.1) is 0 Å². The van der Waals surface area contributed by atoms with Crippen molar-refractivity contribution in [2.45, 2.75) is 37.2 Å².